The van der Waals surface area contributed by atoms with Crippen molar-refractivity contribution >= 4 is 23.0 Å². The van der Waals surface area contributed by atoms with E-state index in [1.807, 2.05) is 4.90 Å². The number of benzene rings is 2. The zero-order valence-electron chi connectivity index (χ0n) is 16.8. The van der Waals surface area contributed by atoms with Gasteiger partial charge in [-0.15, -0.1) is 0 Å². The van der Waals surface area contributed by atoms with Crippen LogP contribution in [-0.2, 0) is 15.7 Å². The molecular formula is C21H22F3N3O4. The van der Waals surface area contributed by atoms with Crippen LogP contribution in [0.1, 0.15) is 12.5 Å². The molecule has 1 saturated heterocycles. The first-order valence-electron chi connectivity index (χ1n) is 9.82. The molecule has 1 atom stereocenters. The van der Waals surface area contributed by atoms with Gasteiger partial charge in [-0.3, -0.25) is 4.79 Å². The molecule has 0 aromatic heterocycles. The fourth-order valence-electron chi connectivity index (χ4n) is 3.44. The van der Waals surface area contributed by atoms with Gasteiger partial charge in [0.15, 0.2) is 11.5 Å². The Labute approximate surface area is 177 Å². The maximum atomic E-state index is 13.3. The van der Waals surface area contributed by atoms with Crippen molar-refractivity contribution in [2.24, 2.45) is 0 Å². The third-order valence-corrected chi connectivity index (χ3v) is 5.08. The first-order chi connectivity index (χ1) is 14.8. The van der Waals surface area contributed by atoms with Crippen LogP contribution in [0.5, 0.6) is 11.5 Å². The number of nitrogens with one attached hydrogen (secondary N) is 2. The highest BCUT2D eigenvalue weighted by Gasteiger charge is 2.32. The number of rotatable bonds is 5. The first kappa shape index (κ1) is 21.1. The number of halogens is 3. The molecule has 4 rings (SSSR count). The number of alkyl halides is 3. The van der Waals surface area contributed by atoms with E-state index < -0.39 is 23.7 Å². The average molecular weight is 437 g/mol. The Balaban J connectivity index is 1.52. The number of carbonyl (C=O) groups is 1. The summed E-state index contributed by atoms with van der Waals surface area (Å²) in [5, 5.41) is 5.68. The SMILES string of the molecule is CC(Nc1ccc2c(c1)OCO2)C(=O)Nc1cc(C(F)(F)F)ccc1N1CCOCC1. The summed E-state index contributed by atoms with van der Waals surface area (Å²) >= 11 is 0. The number of fused-ring (bicyclic) bond motifs is 1. The molecule has 7 nitrogen and oxygen atoms in total. The maximum Gasteiger partial charge on any atom is 0.416 e. The molecule has 0 spiro atoms. The molecule has 166 valence electrons. The van der Waals surface area contributed by atoms with Crippen molar-refractivity contribution in [1.82, 2.24) is 0 Å². The Hall–Kier alpha value is -3.14. The topological polar surface area (TPSA) is 72.1 Å². The molecular weight excluding hydrogens is 415 g/mol. The van der Waals surface area contributed by atoms with Gasteiger partial charge in [0.05, 0.1) is 30.2 Å². The molecule has 10 heteroatoms. The first-order valence-corrected chi connectivity index (χ1v) is 9.82. The van der Waals surface area contributed by atoms with Crippen LogP contribution in [0.4, 0.5) is 30.2 Å². The Bertz CT molecular complexity index is 961. The zero-order chi connectivity index (χ0) is 22.0. The van der Waals surface area contributed by atoms with E-state index in [-0.39, 0.29) is 12.5 Å². The van der Waals surface area contributed by atoms with E-state index in [1.165, 1.54) is 6.07 Å². The van der Waals surface area contributed by atoms with Crippen LogP contribution >= 0.6 is 0 Å². The van der Waals surface area contributed by atoms with Gasteiger partial charge in [-0.05, 0) is 37.3 Å². The lowest BCUT2D eigenvalue weighted by atomic mass is 10.1. The van der Waals surface area contributed by atoms with Crippen LogP contribution in [0.2, 0.25) is 0 Å². The van der Waals surface area contributed by atoms with Gasteiger partial charge in [0.1, 0.15) is 6.04 Å². The third kappa shape index (κ3) is 4.79. The number of anilines is 3. The van der Waals surface area contributed by atoms with Gasteiger partial charge < -0.3 is 29.7 Å². The van der Waals surface area contributed by atoms with Crippen LogP contribution in [0, 0.1) is 0 Å². The monoisotopic (exact) mass is 437 g/mol. The summed E-state index contributed by atoms with van der Waals surface area (Å²) in [7, 11) is 0. The quantitative estimate of drug-likeness (QED) is 0.743. The van der Waals surface area contributed by atoms with E-state index in [2.05, 4.69) is 10.6 Å². The van der Waals surface area contributed by atoms with Gasteiger partial charge >= 0.3 is 6.18 Å². The molecule has 2 N–H and O–H groups in total. The zero-order valence-corrected chi connectivity index (χ0v) is 16.8. The second-order valence-electron chi connectivity index (χ2n) is 7.25. The lowest BCUT2D eigenvalue weighted by Crippen LogP contribution is -2.37. The molecule has 0 bridgehead atoms. The standard InChI is InChI=1S/C21H22F3N3O4/c1-13(25-15-3-5-18-19(11-15)31-12-30-18)20(28)26-16-10-14(21(22,23)24)2-4-17(16)27-6-8-29-9-7-27/h2-5,10-11,13,25H,6-9,12H2,1H3,(H,26,28). The fraction of sp³-hybridized carbons (Fsp3) is 0.381. The molecule has 0 saturated carbocycles. The van der Waals surface area contributed by atoms with Crippen LogP contribution in [0.15, 0.2) is 36.4 Å². The number of amides is 1. The summed E-state index contributed by atoms with van der Waals surface area (Å²) in [5.74, 6) is 0.707. The second kappa shape index (κ2) is 8.54. The minimum Gasteiger partial charge on any atom is -0.454 e. The van der Waals surface area contributed by atoms with Crippen LogP contribution in [0.25, 0.3) is 0 Å². The van der Waals surface area contributed by atoms with Crippen LogP contribution in [-0.4, -0.2) is 45.0 Å². The molecule has 1 amide bonds. The maximum absolute atomic E-state index is 13.3. The van der Waals surface area contributed by atoms with Crippen molar-refractivity contribution in [3.05, 3.63) is 42.0 Å². The second-order valence-corrected chi connectivity index (χ2v) is 7.25. The molecule has 31 heavy (non-hydrogen) atoms. The lowest BCUT2D eigenvalue weighted by molar-refractivity contribution is -0.137. The van der Waals surface area contributed by atoms with E-state index in [4.69, 9.17) is 14.2 Å². The highest BCUT2D eigenvalue weighted by atomic mass is 19.4. The van der Waals surface area contributed by atoms with Gasteiger partial charge in [0.2, 0.25) is 12.7 Å². The lowest BCUT2D eigenvalue weighted by Gasteiger charge is -2.31. The predicted molar refractivity (Wildman–Crippen MR) is 109 cm³/mol. The Morgan fingerprint density at radius 3 is 2.55 bits per heavy atom. The number of nitrogens with zero attached hydrogens (tertiary/aromatic N) is 1. The van der Waals surface area contributed by atoms with Crippen LogP contribution in [0.3, 0.4) is 0 Å². The summed E-state index contributed by atoms with van der Waals surface area (Å²) in [6, 6.07) is 7.83. The summed E-state index contributed by atoms with van der Waals surface area (Å²) < 4.78 is 55.7. The van der Waals surface area contributed by atoms with Crippen molar-refractivity contribution in [3.63, 3.8) is 0 Å². The normalized spacial score (nSPS) is 16.7. The van der Waals surface area contributed by atoms with E-state index in [1.54, 1.807) is 25.1 Å². The summed E-state index contributed by atoms with van der Waals surface area (Å²) in [4.78, 5) is 14.7. The van der Waals surface area contributed by atoms with E-state index in [0.717, 1.165) is 12.1 Å². The number of carbonyl (C=O) groups excluding carboxylic acids is 1. The highest BCUT2D eigenvalue weighted by molar-refractivity contribution is 5.99. The molecule has 2 aromatic carbocycles. The Kier molecular flexibility index (Phi) is 5.81. The van der Waals surface area contributed by atoms with Crippen molar-refractivity contribution < 1.29 is 32.2 Å². The summed E-state index contributed by atoms with van der Waals surface area (Å²) in [5.41, 5.74) is 0.446. The van der Waals surface area contributed by atoms with Gasteiger partial charge in [-0.25, -0.2) is 0 Å². The average Bonchev–Trinajstić information content (AvgIpc) is 3.21. The van der Waals surface area contributed by atoms with Crippen molar-refractivity contribution in [2.75, 3.05) is 48.6 Å². The minimum atomic E-state index is -4.51. The number of ether oxygens (including phenoxy) is 3. The van der Waals surface area contributed by atoms with Gasteiger partial charge in [-0.2, -0.15) is 13.2 Å². The van der Waals surface area contributed by atoms with Crippen molar-refractivity contribution in [3.8, 4) is 11.5 Å². The molecule has 2 aliphatic rings. The van der Waals surface area contributed by atoms with E-state index in [0.29, 0.717) is 49.2 Å². The molecule has 1 unspecified atom stereocenters. The van der Waals surface area contributed by atoms with Gasteiger partial charge in [0.25, 0.3) is 0 Å². The van der Waals surface area contributed by atoms with Crippen molar-refractivity contribution in [1.29, 1.82) is 0 Å². The summed E-state index contributed by atoms with van der Waals surface area (Å²) in [6.07, 6.45) is -4.51. The molecule has 2 heterocycles. The van der Waals surface area contributed by atoms with Gasteiger partial charge in [-0.1, -0.05) is 0 Å². The predicted octanol–water partition coefficient (Wildman–Crippen LogP) is 3.71. The Morgan fingerprint density at radius 2 is 1.81 bits per heavy atom. The van der Waals surface area contributed by atoms with Gasteiger partial charge in [0, 0.05) is 24.8 Å². The smallest absolute Gasteiger partial charge is 0.416 e. The molecule has 0 aliphatic carbocycles. The number of hydrogen-bond acceptors (Lipinski definition) is 6. The number of morpholine rings is 1. The molecule has 2 aromatic rings. The summed E-state index contributed by atoms with van der Waals surface area (Å²) in [6.45, 7) is 3.75. The molecule has 1 fully saturated rings. The van der Waals surface area contributed by atoms with E-state index in [9.17, 15) is 18.0 Å². The Morgan fingerprint density at radius 1 is 1.06 bits per heavy atom. The third-order valence-electron chi connectivity index (χ3n) is 5.08. The number of hydrogen-bond donors (Lipinski definition) is 2. The highest BCUT2D eigenvalue weighted by Crippen LogP contribution is 2.36. The largest absolute Gasteiger partial charge is 0.454 e. The molecule has 2 aliphatic heterocycles. The fourth-order valence-corrected chi connectivity index (χ4v) is 3.44. The minimum absolute atomic E-state index is 0.112. The van der Waals surface area contributed by atoms with Crippen LogP contribution < -0.4 is 25.0 Å². The van der Waals surface area contributed by atoms with E-state index >= 15 is 0 Å². The van der Waals surface area contributed by atoms with Crippen molar-refractivity contribution in [2.45, 2.75) is 19.1 Å². The molecule has 0 radical (unpaired) electrons.